The van der Waals surface area contributed by atoms with Crippen LogP contribution in [0.15, 0.2) is 41.8 Å². The molecule has 1 aromatic heterocycles. The van der Waals surface area contributed by atoms with E-state index in [4.69, 9.17) is 17.0 Å². The molecule has 2 aromatic rings. The van der Waals surface area contributed by atoms with E-state index in [9.17, 15) is 4.79 Å². The molecule has 0 spiro atoms. The van der Waals surface area contributed by atoms with Gasteiger partial charge in [0.05, 0.1) is 18.2 Å². The Morgan fingerprint density at radius 2 is 1.93 bits per heavy atom. The molecule has 156 valence electrons. The standard InChI is InChI=1S/C21H28N4O2S2/c1-3-27-20(26)16-6-8-17(9-7-16)23-21(28)22-15-18(19-5-4-14-29-19)25-12-10-24(2)11-13-25/h4-9,14,18H,3,10-13,15H2,1-2H3,(H2,22,23,28). The molecule has 1 aliphatic rings. The normalized spacial score (nSPS) is 16.2. The highest BCUT2D eigenvalue weighted by Crippen LogP contribution is 2.25. The van der Waals surface area contributed by atoms with Gasteiger partial charge >= 0.3 is 5.97 Å². The molecule has 1 unspecified atom stereocenters. The Balaban J connectivity index is 1.55. The van der Waals surface area contributed by atoms with Gasteiger partial charge in [0.15, 0.2) is 5.11 Å². The maximum Gasteiger partial charge on any atom is 0.338 e. The fourth-order valence-electron chi connectivity index (χ4n) is 3.29. The van der Waals surface area contributed by atoms with E-state index in [1.807, 2.05) is 12.1 Å². The maximum atomic E-state index is 11.8. The fraction of sp³-hybridized carbons (Fsp3) is 0.429. The SMILES string of the molecule is CCOC(=O)c1ccc(NC(=S)NCC(c2cccs2)N2CCN(C)CC2)cc1. The van der Waals surface area contributed by atoms with Gasteiger partial charge in [0.1, 0.15) is 0 Å². The van der Waals surface area contributed by atoms with Crippen molar-refractivity contribution in [2.75, 3.05) is 51.7 Å². The van der Waals surface area contributed by atoms with Crippen molar-refractivity contribution in [3.63, 3.8) is 0 Å². The van der Waals surface area contributed by atoms with Gasteiger partial charge < -0.3 is 20.3 Å². The maximum absolute atomic E-state index is 11.8. The predicted molar refractivity (Wildman–Crippen MR) is 123 cm³/mol. The number of benzene rings is 1. The number of carbonyl (C=O) groups is 1. The van der Waals surface area contributed by atoms with Crippen LogP contribution in [0.25, 0.3) is 0 Å². The number of hydrogen-bond donors (Lipinski definition) is 2. The summed E-state index contributed by atoms with van der Waals surface area (Å²) in [5.74, 6) is -0.314. The van der Waals surface area contributed by atoms with Gasteiger partial charge in [-0.15, -0.1) is 11.3 Å². The number of esters is 1. The number of nitrogens with zero attached hydrogens (tertiary/aromatic N) is 2. The molecule has 3 rings (SSSR count). The number of likely N-dealkylation sites (N-methyl/N-ethyl adjacent to an activating group) is 1. The minimum Gasteiger partial charge on any atom is -0.462 e. The van der Waals surface area contributed by atoms with Crippen LogP contribution in [-0.4, -0.2) is 67.3 Å². The number of hydrogen-bond acceptors (Lipinski definition) is 6. The van der Waals surface area contributed by atoms with Gasteiger partial charge in [0.2, 0.25) is 0 Å². The topological polar surface area (TPSA) is 56.8 Å². The van der Waals surface area contributed by atoms with Crippen LogP contribution in [0.5, 0.6) is 0 Å². The van der Waals surface area contributed by atoms with Crippen LogP contribution in [0, 0.1) is 0 Å². The quantitative estimate of drug-likeness (QED) is 0.515. The zero-order valence-electron chi connectivity index (χ0n) is 16.9. The molecule has 1 fully saturated rings. The summed E-state index contributed by atoms with van der Waals surface area (Å²) in [5.41, 5.74) is 1.37. The molecule has 0 saturated carbocycles. The number of thiophene rings is 1. The highest BCUT2D eigenvalue weighted by molar-refractivity contribution is 7.80. The van der Waals surface area contributed by atoms with Crippen LogP contribution in [0.1, 0.15) is 28.2 Å². The molecule has 0 bridgehead atoms. The van der Waals surface area contributed by atoms with Crippen molar-refractivity contribution in [1.82, 2.24) is 15.1 Å². The number of ether oxygens (including phenoxy) is 1. The largest absolute Gasteiger partial charge is 0.462 e. The number of anilines is 1. The molecule has 1 aliphatic heterocycles. The van der Waals surface area contributed by atoms with Crippen LogP contribution in [0.2, 0.25) is 0 Å². The van der Waals surface area contributed by atoms with Crippen molar-refractivity contribution in [3.05, 3.63) is 52.2 Å². The summed E-state index contributed by atoms with van der Waals surface area (Å²) in [6.07, 6.45) is 0. The first kappa shape index (κ1) is 21.7. The summed E-state index contributed by atoms with van der Waals surface area (Å²) in [7, 11) is 2.17. The molecule has 6 nitrogen and oxygen atoms in total. The van der Waals surface area contributed by atoms with Gasteiger partial charge in [-0.1, -0.05) is 6.07 Å². The summed E-state index contributed by atoms with van der Waals surface area (Å²) in [6, 6.07) is 11.7. The Bertz CT molecular complexity index is 788. The number of piperazine rings is 1. The predicted octanol–water partition coefficient (Wildman–Crippen LogP) is 3.20. The van der Waals surface area contributed by atoms with Gasteiger partial charge in [0.25, 0.3) is 0 Å². The van der Waals surface area contributed by atoms with Crippen LogP contribution in [0.4, 0.5) is 5.69 Å². The van der Waals surface area contributed by atoms with Crippen molar-refractivity contribution < 1.29 is 9.53 Å². The van der Waals surface area contributed by atoms with E-state index >= 15 is 0 Å². The lowest BCUT2D eigenvalue weighted by atomic mass is 10.1. The first-order valence-electron chi connectivity index (χ1n) is 9.85. The van der Waals surface area contributed by atoms with Gasteiger partial charge in [-0.25, -0.2) is 4.79 Å². The van der Waals surface area contributed by atoms with Crippen molar-refractivity contribution >= 4 is 40.3 Å². The number of nitrogens with one attached hydrogen (secondary N) is 2. The van der Waals surface area contributed by atoms with Crippen molar-refractivity contribution in [2.45, 2.75) is 13.0 Å². The highest BCUT2D eigenvalue weighted by atomic mass is 32.1. The zero-order chi connectivity index (χ0) is 20.6. The molecule has 2 heterocycles. The molecule has 0 aliphatic carbocycles. The lowest BCUT2D eigenvalue weighted by Gasteiger charge is -2.37. The van der Waals surface area contributed by atoms with Crippen LogP contribution < -0.4 is 10.6 Å². The van der Waals surface area contributed by atoms with E-state index in [-0.39, 0.29) is 5.97 Å². The van der Waals surface area contributed by atoms with E-state index in [1.54, 1.807) is 30.4 Å². The Morgan fingerprint density at radius 3 is 2.55 bits per heavy atom. The second-order valence-corrected chi connectivity index (χ2v) is 8.39. The third-order valence-corrected chi connectivity index (χ3v) is 6.18. The molecule has 0 amide bonds. The molecule has 1 atom stereocenters. The summed E-state index contributed by atoms with van der Waals surface area (Å²) < 4.78 is 5.01. The summed E-state index contributed by atoms with van der Waals surface area (Å²) >= 11 is 7.28. The van der Waals surface area contributed by atoms with Crippen molar-refractivity contribution in [3.8, 4) is 0 Å². The first-order chi connectivity index (χ1) is 14.1. The number of rotatable bonds is 7. The monoisotopic (exact) mass is 432 g/mol. The average molecular weight is 433 g/mol. The van der Waals surface area contributed by atoms with Crippen LogP contribution in [0.3, 0.4) is 0 Å². The molecule has 0 radical (unpaired) electrons. The molecule has 1 aromatic carbocycles. The van der Waals surface area contributed by atoms with Gasteiger partial charge in [-0.2, -0.15) is 0 Å². The molecular weight excluding hydrogens is 404 g/mol. The second kappa shape index (κ2) is 10.7. The average Bonchev–Trinajstić information content (AvgIpc) is 3.25. The highest BCUT2D eigenvalue weighted by Gasteiger charge is 2.24. The summed E-state index contributed by atoms with van der Waals surface area (Å²) in [5, 5.41) is 9.26. The summed E-state index contributed by atoms with van der Waals surface area (Å²) in [4.78, 5) is 18.0. The fourth-order valence-corrected chi connectivity index (χ4v) is 4.35. The summed E-state index contributed by atoms with van der Waals surface area (Å²) in [6.45, 7) is 7.17. The lowest BCUT2D eigenvalue weighted by Crippen LogP contribution is -2.48. The van der Waals surface area contributed by atoms with Gasteiger partial charge in [0, 0.05) is 43.3 Å². The smallest absolute Gasteiger partial charge is 0.338 e. The Labute approximate surface area is 181 Å². The minimum absolute atomic E-state index is 0.301. The Morgan fingerprint density at radius 1 is 1.21 bits per heavy atom. The lowest BCUT2D eigenvalue weighted by molar-refractivity contribution is 0.0526. The number of thiocarbonyl (C=S) groups is 1. The van der Waals surface area contributed by atoms with Gasteiger partial charge in [-0.3, -0.25) is 4.90 Å². The van der Waals surface area contributed by atoms with Gasteiger partial charge in [-0.05, 0) is 61.9 Å². The Kier molecular flexibility index (Phi) is 8.00. The van der Waals surface area contributed by atoms with E-state index in [0.717, 1.165) is 38.4 Å². The van der Waals surface area contributed by atoms with E-state index in [2.05, 4.69) is 45.0 Å². The van der Waals surface area contributed by atoms with Crippen LogP contribution in [-0.2, 0) is 4.74 Å². The Hall–Kier alpha value is -2.00. The number of carbonyl (C=O) groups excluding carboxylic acids is 1. The molecule has 29 heavy (non-hydrogen) atoms. The molecule has 2 N–H and O–H groups in total. The third kappa shape index (κ3) is 6.24. The van der Waals surface area contributed by atoms with E-state index in [1.165, 1.54) is 4.88 Å². The zero-order valence-corrected chi connectivity index (χ0v) is 18.5. The van der Waals surface area contributed by atoms with E-state index in [0.29, 0.717) is 23.3 Å². The third-order valence-electron chi connectivity index (χ3n) is 4.96. The van der Waals surface area contributed by atoms with E-state index < -0.39 is 0 Å². The van der Waals surface area contributed by atoms with Crippen molar-refractivity contribution in [1.29, 1.82) is 0 Å². The molecule has 8 heteroatoms. The first-order valence-corrected chi connectivity index (χ1v) is 11.1. The molecular formula is C21H28N4O2S2. The van der Waals surface area contributed by atoms with Crippen LogP contribution >= 0.6 is 23.6 Å². The minimum atomic E-state index is -0.314. The molecule has 1 saturated heterocycles. The second-order valence-electron chi connectivity index (χ2n) is 7.00. The van der Waals surface area contributed by atoms with Crippen molar-refractivity contribution in [2.24, 2.45) is 0 Å².